The number of aryl methyl sites for hydroxylation is 1. The summed E-state index contributed by atoms with van der Waals surface area (Å²) in [7, 11) is 2.22. The number of nitrogens with zero attached hydrogens (tertiary/aromatic N) is 5. The van der Waals surface area contributed by atoms with Gasteiger partial charge in [-0.2, -0.15) is 0 Å². The van der Waals surface area contributed by atoms with Crippen molar-refractivity contribution in [1.29, 1.82) is 0 Å². The van der Waals surface area contributed by atoms with Crippen molar-refractivity contribution in [3.8, 4) is 5.00 Å². The fourth-order valence-electron chi connectivity index (χ4n) is 3.49. The van der Waals surface area contributed by atoms with Crippen molar-refractivity contribution in [3.63, 3.8) is 0 Å². The molecule has 6 heteroatoms. The molecule has 4 heterocycles. The van der Waals surface area contributed by atoms with Crippen LogP contribution in [-0.4, -0.2) is 50.7 Å². The first-order valence-corrected chi connectivity index (χ1v) is 9.50. The van der Waals surface area contributed by atoms with Crippen LogP contribution >= 0.6 is 11.3 Å². The zero-order valence-corrected chi connectivity index (χ0v) is 15.4. The maximum atomic E-state index is 4.42. The molecule has 0 atom stereocenters. The third-order valence-electron chi connectivity index (χ3n) is 4.74. The maximum absolute atomic E-state index is 4.42. The molecule has 0 unspecified atom stereocenters. The number of hydrogen-bond donors (Lipinski definition) is 0. The van der Waals surface area contributed by atoms with E-state index in [0.717, 1.165) is 24.7 Å². The lowest BCUT2D eigenvalue weighted by molar-refractivity contribution is 0.107. The Morgan fingerprint density at radius 2 is 1.87 bits per heavy atom. The predicted octanol–water partition coefficient (Wildman–Crippen LogP) is 3.07. The number of likely N-dealkylation sites (tertiary alicyclic amines) is 1. The van der Waals surface area contributed by atoms with Gasteiger partial charge in [0.15, 0.2) is 5.82 Å². The summed E-state index contributed by atoms with van der Waals surface area (Å²) in [6.45, 7) is 10.4. The molecular weight excluding hydrogens is 306 g/mol. The van der Waals surface area contributed by atoms with E-state index in [9.17, 15) is 0 Å². The number of piperidine rings is 1. The van der Waals surface area contributed by atoms with Gasteiger partial charge in [0.1, 0.15) is 10.8 Å². The van der Waals surface area contributed by atoms with Crippen molar-refractivity contribution in [2.75, 3.05) is 20.1 Å². The summed E-state index contributed by atoms with van der Waals surface area (Å²) < 4.78 is 2.24. The fourth-order valence-corrected chi connectivity index (χ4v) is 4.48. The molecule has 1 fully saturated rings. The monoisotopic (exact) mass is 333 g/mol. The second kappa shape index (κ2) is 7.11. The summed E-state index contributed by atoms with van der Waals surface area (Å²) >= 11 is 1.80. The smallest absolute Gasteiger partial charge is 0.152 e. The second-order valence-electron chi connectivity index (χ2n) is 6.19. The van der Waals surface area contributed by atoms with Crippen molar-refractivity contribution in [2.45, 2.75) is 52.7 Å². The van der Waals surface area contributed by atoms with Crippen LogP contribution in [0.15, 0.2) is 11.4 Å². The van der Waals surface area contributed by atoms with E-state index in [0.29, 0.717) is 6.04 Å². The lowest BCUT2D eigenvalue weighted by atomic mass is 10.0. The summed E-state index contributed by atoms with van der Waals surface area (Å²) in [6.07, 6.45) is 2.51. The molecule has 126 valence electrons. The summed E-state index contributed by atoms with van der Waals surface area (Å²) in [4.78, 5) is 5.03. The molecule has 2 aromatic rings. The minimum absolute atomic E-state index is 0.664. The lowest BCUT2D eigenvalue weighted by Gasteiger charge is -2.36. The summed E-state index contributed by atoms with van der Waals surface area (Å²) in [5.74, 6) is 2.09. The Labute approximate surface area is 142 Å². The summed E-state index contributed by atoms with van der Waals surface area (Å²) in [6, 6.07) is 2.92. The molecular formula is C17H27N5S. The molecule has 2 aliphatic rings. The molecule has 5 nitrogen and oxygen atoms in total. The highest BCUT2D eigenvalue weighted by molar-refractivity contribution is 7.12. The Morgan fingerprint density at radius 1 is 1.13 bits per heavy atom. The molecule has 0 N–H and O–H groups in total. The Bertz CT molecular complexity index is 639. The van der Waals surface area contributed by atoms with Gasteiger partial charge in [-0.1, -0.05) is 13.8 Å². The number of thiophene rings is 1. The van der Waals surface area contributed by atoms with Gasteiger partial charge in [0.2, 0.25) is 0 Å². The Morgan fingerprint density at radius 3 is 2.61 bits per heavy atom. The predicted molar refractivity (Wildman–Crippen MR) is 95.1 cm³/mol. The van der Waals surface area contributed by atoms with Crippen molar-refractivity contribution >= 4 is 11.3 Å². The molecule has 0 aromatic carbocycles. The van der Waals surface area contributed by atoms with Gasteiger partial charge in [-0.15, -0.1) is 21.5 Å². The number of rotatable bonds is 1. The minimum Gasteiger partial charge on any atom is -0.306 e. The van der Waals surface area contributed by atoms with E-state index in [1.54, 1.807) is 11.3 Å². The van der Waals surface area contributed by atoms with Crippen LogP contribution in [0.1, 0.15) is 43.9 Å². The second-order valence-corrected chi connectivity index (χ2v) is 7.08. The molecule has 0 spiro atoms. The van der Waals surface area contributed by atoms with Crippen LogP contribution in [0.25, 0.3) is 5.00 Å². The third-order valence-corrected chi connectivity index (χ3v) is 5.68. The van der Waals surface area contributed by atoms with Gasteiger partial charge in [-0.25, -0.2) is 0 Å². The van der Waals surface area contributed by atoms with Gasteiger partial charge in [-0.3, -0.25) is 9.47 Å². The molecule has 0 radical (unpaired) electrons. The Balaban J connectivity index is 0.000000753. The fraction of sp³-hybridized carbons (Fsp3) is 0.647. The first-order valence-electron chi connectivity index (χ1n) is 8.62. The van der Waals surface area contributed by atoms with Crippen LogP contribution in [0.4, 0.5) is 0 Å². The number of hydrogen-bond acceptors (Lipinski definition) is 5. The van der Waals surface area contributed by atoms with Crippen LogP contribution in [0, 0.1) is 6.92 Å². The largest absolute Gasteiger partial charge is 0.306 e. The average molecular weight is 334 g/mol. The first-order chi connectivity index (χ1) is 11.2. The molecule has 23 heavy (non-hydrogen) atoms. The lowest BCUT2D eigenvalue weighted by Crippen LogP contribution is -2.42. The van der Waals surface area contributed by atoms with E-state index in [1.807, 2.05) is 20.8 Å². The van der Waals surface area contributed by atoms with Gasteiger partial charge in [0.25, 0.3) is 0 Å². The zero-order chi connectivity index (χ0) is 16.4. The zero-order valence-electron chi connectivity index (χ0n) is 14.6. The van der Waals surface area contributed by atoms with Crippen molar-refractivity contribution in [3.05, 3.63) is 28.7 Å². The highest BCUT2D eigenvalue weighted by Gasteiger charge is 2.29. The van der Waals surface area contributed by atoms with Gasteiger partial charge in [0, 0.05) is 18.2 Å². The summed E-state index contributed by atoms with van der Waals surface area (Å²) in [5, 5.41) is 12.2. The third kappa shape index (κ3) is 3.20. The molecule has 4 rings (SSSR count). The average Bonchev–Trinajstić information content (AvgIpc) is 3.12. The van der Waals surface area contributed by atoms with Crippen LogP contribution in [-0.2, 0) is 13.1 Å². The Kier molecular flexibility index (Phi) is 5.14. The highest BCUT2D eigenvalue weighted by Crippen LogP contribution is 2.31. The van der Waals surface area contributed by atoms with Crippen LogP contribution in [0.5, 0.6) is 0 Å². The van der Waals surface area contributed by atoms with E-state index in [2.05, 4.69) is 43.1 Å². The van der Waals surface area contributed by atoms with Crippen LogP contribution in [0.3, 0.4) is 0 Å². The van der Waals surface area contributed by atoms with Crippen LogP contribution in [0.2, 0.25) is 0 Å². The Hall–Kier alpha value is -1.24. The van der Waals surface area contributed by atoms with Crippen molar-refractivity contribution in [2.24, 2.45) is 0 Å². The standard InChI is InChI=1S/C15H21N5S.C2H6/c1-11-16-17-14-10-19(13-3-6-18(2)7-4-13)9-12-5-8-21-15(12)20(11)14;1-2/h5,8,13H,3-4,6-7,9-10H2,1-2H3;1-2H3. The molecule has 0 aliphatic carbocycles. The van der Waals surface area contributed by atoms with Gasteiger partial charge in [0.05, 0.1) is 6.54 Å². The SMILES string of the molecule is CC.Cc1nnc2n1-c1sccc1CN(C1CCN(C)CC1)C2. The molecule has 0 saturated carbocycles. The number of fused-ring (bicyclic) bond motifs is 3. The molecule has 0 amide bonds. The van der Waals surface area contributed by atoms with Gasteiger partial charge < -0.3 is 4.90 Å². The molecule has 1 saturated heterocycles. The first kappa shape index (κ1) is 16.6. The topological polar surface area (TPSA) is 37.2 Å². The minimum atomic E-state index is 0.664. The quantitative estimate of drug-likeness (QED) is 0.804. The summed E-state index contributed by atoms with van der Waals surface area (Å²) in [5.41, 5.74) is 1.42. The number of aromatic nitrogens is 3. The van der Waals surface area contributed by atoms with E-state index in [-0.39, 0.29) is 0 Å². The van der Waals surface area contributed by atoms with Crippen molar-refractivity contribution in [1.82, 2.24) is 24.6 Å². The molecule has 2 aromatic heterocycles. The maximum Gasteiger partial charge on any atom is 0.152 e. The van der Waals surface area contributed by atoms with E-state index in [4.69, 9.17) is 0 Å². The normalized spacial score (nSPS) is 19.5. The van der Waals surface area contributed by atoms with Crippen molar-refractivity contribution < 1.29 is 0 Å². The molecule has 0 bridgehead atoms. The van der Waals surface area contributed by atoms with Crippen LogP contribution < -0.4 is 0 Å². The molecule has 2 aliphatic heterocycles. The van der Waals surface area contributed by atoms with Gasteiger partial charge in [-0.05, 0) is 51.3 Å². The van der Waals surface area contributed by atoms with E-state index < -0.39 is 0 Å². The van der Waals surface area contributed by atoms with E-state index >= 15 is 0 Å². The highest BCUT2D eigenvalue weighted by atomic mass is 32.1. The van der Waals surface area contributed by atoms with E-state index in [1.165, 1.54) is 36.5 Å². The van der Waals surface area contributed by atoms with Gasteiger partial charge >= 0.3 is 0 Å².